The van der Waals surface area contributed by atoms with Crippen LogP contribution in [0.4, 0.5) is 5.69 Å². The Balaban J connectivity index is 1.75. The summed E-state index contributed by atoms with van der Waals surface area (Å²) in [6.07, 6.45) is 1.56. The molecule has 168 valence electrons. The minimum atomic E-state index is -3.71. The van der Waals surface area contributed by atoms with Crippen LogP contribution in [0.25, 0.3) is 0 Å². The van der Waals surface area contributed by atoms with Crippen molar-refractivity contribution >= 4 is 33.4 Å². The van der Waals surface area contributed by atoms with Gasteiger partial charge in [-0.25, -0.2) is 13.1 Å². The minimum Gasteiger partial charge on any atom is -0.311 e. The summed E-state index contributed by atoms with van der Waals surface area (Å²) in [6, 6.07) is 15.0. The van der Waals surface area contributed by atoms with E-state index in [4.69, 9.17) is 0 Å². The number of nitrogens with one attached hydrogen (secondary N) is 1. The van der Waals surface area contributed by atoms with E-state index in [-0.39, 0.29) is 16.8 Å². The molecule has 0 radical (unpaired) electrons. The van der Waals surface area contributed by atoms with Gasteiger partial charge in [0, 0.05) is 37.5 Å². The van der Waals surface area contributed by atoms with Crippen molar-refractivity contribution in [2.24, 2.45) is 0 Å². The maximum Gasteiger partial charge on any atom is 0.240 e. The molecule has 31 heavy (non-hydrogen) atoms. The molecule has 1 atom stereocenters. The Kier molecular flexibility index (Phi) is 8.16. The number of hydrogen-bond donors (Lipinski definition) is 1. The number of carbonyl (C=O) groups is 1. The highest BCUT2D eigenvalue weighted by atomic mass is 32.2. The minimum absolute atomic E-state index is 0.0692. The lowest BCUT2D eigenvalue weighted by molar-refractivity contribution is -0.116. The number of nitrogens with zero attached hydrogens (tertiary/aromatic N) is 2. The number of likely N-dealkylation sites (N-methyl/N-ethyl adjacent to an activating group) is 1. The number of anilines is 1. The number of carbonyl (C=O) groups excluding carboxylic acids is 1. The lowest BCUT2D eigenvalue weighted by Crippen LogP contribution is -2.42. The van der Waals surface area contributed by atoms with Crippen LogP contribution >= 0.6 is 11.8 Å². The van der Waals surface area contributed by atoms with E-state index in [0.717, 1.165) is 23.6 Å². The molecule has 2 aromatic carbocycles. The number of thioether (sulfide) groups is 1. The molecule has 0 aliphatic carbocycles. The molecule has 3 rings (SSSR count). The average molecular weight is 462 g/mol. The van der Waals surface area contributed by atoms with E-state index >= 15 is 0 Å². The molecule has 1 heterocycles. The second-order valence-corrected chi connectivity index (χ2v) is 10.8. The van der Waals surface area contributed by atoms with E-state index < -0.39 is 10.0 Å². The largest absolute Gasteiger partial charge is 0.311 e. The standard InChI is InChI=1S/C23H31N3O3S2/c1-4-20(17-25(3)16-19-9-6-5-7-10-19)24-31(28,29)21-11-12-23-22(15-21)26(18(2)27)13-8-14-30-23/h5-7,9-12,15,20,24H,4,8,13-14,16-17H2,1-3H3/t20-/m0/s1. The summed E-state index contributed by atoms with van der Waals surface area (Å²) < 4.78 is 29.2. The third-order valence-corrected chi connectivity index (χ3v) is 8.00. The van der Waals surface area contributed by atoms with Gasteiger partial charge in [-0.05, 0) is 49.4 Å². The van der Waals surface area contributed by atoms with Gasteiger partial charge >= 0.3 is 0 Å². The summed E-state index contributed by atoms with van der Waals surface area (Å²) in [5, 5.41) is 0. The van der Waals surface area contributed by atoms with E-state index in [1.54, 1.807) is 28.8 Å². The van der Waals surface area contributed by atoms with Crippen molar-refractivity contribution in [2.75, 3.05) is 30.8 Å². The van der Waals surface area contributed by atoms with Crippen molar-refractivity contribution in [1.29, 1.82) is 0 Å². The van der Waals surface area contributed by atoms with Crippen molar-refractivity contribution < 1.29 is 13.2 Å². The first-order valence-corrected chi connectivity index (χ1v) is 13.1. The van der Waals surface area contributed by atoms with Crippen LogP contribution in [-0.4, -0.2) is 51.2 Å². The topological polar surface area (TPSA) is 69.7 Å². The Morgan fingerprint density at radius 3 is 2.65 bits per heavy atom. The van der Waals surface area contributed by atoms with Crippen molar-refractivity contribution in [3.8, 4) is 0 Å². The van der Waals surface area contributed by atoms with Gasteiger partial charge in [-0.15, -0.1) is 11.8 Å². The van der Waals surface area contributed by atoms with Crippen molar-refractivity contribution in [3.63, 3.8) is 0 Å². The zero-order valence-electron chi connectivity index (χ0n) is 18.4. The van der Waals surface area contributed by atoms with Gasteiger partial charge in [0.2, 0.25) is 15.9 Å². The van der Waals surface area contributed by atoms with Crippen LogP contribution in [0.3, 0.4) is 0 Å². The first kappa shape index (κ1) is 23.8. The van der Waals surface area contributed by atoms with Crippen LogP contribution in [-0.2, 0) is 21.4 Å². The van der Waals surface area contributed by atoms with Gasteiger partial charge in [0.15, 0.2) is 0 Å². The van der Waals surface area contributed by atoms with Gasteiger partial charge in [-0.3, -0.25) is 4.79 Å². The van der Waals surface area contributed by atoms with Gasteiger partial charge in [-0.2, -0.15) is 0 Å². The van der Waals surface area contributed by atoms with Crippen LogP contribution in [0.5, 0.6) is 0 Å². The maximum atomic E-state index is 13.1. The molecular formula is C23H31N3O3S2. The van der Waals surface area contributed by atoms with E-state index in [1.807, 2.05) is 38.2 Å². The van der Waals surface area contributed by atoms with Crippen molar-refractivity contribution in [1.82, 2.24) is 9.62 Å². The van der Waals surface area contributed by atoms with Crippen LogP contribution in [0, 0.1) is 0 Å². The van der Waals surface area contributed by atoms with Gasteiger partial charge in [0.05, 0.1) is 10.6 Å². The second-order valence-electron chi connectivity index (χ2n) is 7.91. The van der Waals surface area contributed by atoms with Gasteiger partial charge in [0.1, 0.15) is 0 Å². The Morgan fingerprint density at radius 2 is 1.97 bits per heavy atom. The Labute approximate surface area is 190 Å². The summed E-state index contributed by atoms with van der Waals surface area (Å²) >= 11 is 1.66. The quantitative estimate of drug-likeness (QED) is 0.649. The molecule has 0 aromatic heterocycles. The van der Waals surface area contributed by atoms with Crippen molar-refractivity contribution in [3.05, 3.63) is 54.1 Å². The smallest absolute Gasteiger partial charge is 0.240 e. The molecule has 0 saturated carbocycles. The van der Waals surface area contributed by atoms with Crippen molar-refractivity contribution in [2.45, 2.75) is 49.1 Å². The monoisotopic (exact) mass is 461 g/mol. The molecule has 0 unspecified atom stereocenters. The van der Waals surface area contributed by atoms with E-state index in [9.17, 15) is 13.2 Å². The fraction of sp³-hybridized carbons (Fsp3) is 0.435. The fourth-order valence-electron chi connectivity index (χ4n) is 3.72. The molecule has 8 heteroatoms. The Bertz CT molecular complexity index is 996. The third kappa shape index (κ3) is 6.32. The summed E-state index contributed by atoms with van der Waals surface area (Å²) in [4.78, 5) is 17.1. The molecule has 2 aromatic rings. The summed E-state index contributed by atoms with van der Waals surface area (Å²) in [7, 11) is -1.71. The predicted molar refractivity (Wildman–Crippen MR) is 127 cm³/mol. The number of rotatable bonds is 8. The Hall–Kier alpha value is -1.87. The molecule has 0 spiro atoms. The highest BCUT2D eigenvalue weighted by molar-refractivity contribution is 7.99. The molecule has 1 amide bonds. The van der Waals surface area contributed by atoms with E-state index in [1.165, 1.54) is 12.5 Å². The fourth-order valence-corrected chi connectivity index (χ4v) is 6.03. The number of fused-ring (bicyclic) bond motifs is 1. The number of sulfonamides is 1. The zero-order valence-corrected chi connectivity index (χ0v) is 20.0. The van der Waals surface area contributed by atoms with Gasteiger partial charge in [-0.1, -0.05) is 37.3 Å². The van der Waals surface area contributed by atoms with Gasteiger partial charge in [0.25, 0.3) is 0 Å². The lowest BCUT2D eigenvalue weighted by Gasteiger charge is -2.25. The molecule has 0 bridgehead atoms. The molecule has 1 N–H and O–H groups in total. The molecule has 0 saturated heterocycles. The van der Waals surface area contributed by atoms with Crippen LogP contribution in [0.15, 0.2) is 58.3 Å². The summed E-state index contributed by atoms with van der Waals surface area (Å²) in [5.74, 6) is 0.840. The number of benzene rings is 2. The normalized spacial score (nSPS) is 15.4. The highest BCUT2D eigenvalue weighted by Crippen LogP contribution is 2.35. The summed E-state index contributed by atoms with van der Waals surface area (Å²) in [5.41, 5.74) is 1.88. The average Bonchev–Trinajstić information content (AvgIpc) is 2.95. The molecular weight excluding hydrogens is 430 g/mol. The first-order valence-electron chi connectivity index (χ1n) is 10.6. The molecule has 0 fully saturated rings. The third-order valence-electron chi connectivity index (χ3n) is 5.34. The molecule has 6 nitrogen and oxygen atoms in total. The molecule has 1 aliphatic heterocycles. The predicted octanol–water partition coefficient (Wildman–Crippen LogP) is 3.72. The Morgan fingerprint density at radius 1 is 1.23 bits per heavy atom. The van der Waals surface area contributed by atoms with Gasteiger partial charge < -0.3 is 9.80 Å². The van der Waals surface area contributed by atoms with Crippen LogP contribution in [0.1, 0.15) is 32.3 Å². The second kappa shape index (κ2) is 10.6. The highest BCUT2D eigenvalue weighted by Gasteiger charge is 2.25. The van der Waals surface area contributed by atoms with E-state index in [2.05, 4.69) is 21.8 Å². The zero-order chi connectivity index (χ0) is 22.4. The lowest BCUT2D eigenvalue weighted by atomic mass is 10.2. The SMILES string of the molecule is CC[C@@H](CN(C)Cc1ccccc1)NS(=O)(=O)c1ccc2c(c1)N(C(C)=O)CCCS2. The number of hydrogen-bond acceptors (Lipinski definition) is 5. The molecule has 1 aliphatic rings. The maximum absolute atomic E-state index is 13.1. The summed E-state index contributed by atoms with van der Waals surface area (Å²) in [6.45, 7) is 5.46. The van der Waals surface area contributed by atoms with Crippen LogP contribution < -0.4 is 9.62 Å². The first-order chi connectivity index (χ1) is 14.8. The van der Waals surface area contributed by atoms with E-state index in [0.29, 0.717) is 25.2 Å². The number of amides is 1. The van der Waals surface area contributed by atoms with Crippen LogP contribution in [0.2, 0.25) is 0 Å².